The number of H-pyrrole nitrogens is 1. The number of carbonyl (C=O) groups is 1. The van der Waals surface area contributed by atoms with E-state index in [1.54, 1.807) is 12.4 Å². The number of nitrogen functional groups attached to an aromatic ring is 1. The standard InChI is InChI=1S/C15H17ClN4O/c1-8-3-10-4-13(17)12(16)5-11(10)15(21)20(8)6-14-9(2)18-7-19-14/h4-5,7-8H,3,6,17H2,1-2H3,(H,18,19). The highest BCUT2D eigenvalue weighted by Crippen LogP contribution is 2.30. The van der Waals surface area contributed by atoms with Crippen LogP contribution in [0.15, 0.2) is 18.5 Å². The lowest BCUT2D eigenvalue weighted by Crippen LogP contribution is -2.43. The van der Waals surface area contributed by atoms with Crippen LogP contribution in [0.25, 0.3) is 0 Å². The molecule has 6 heteroatoms. The molecule has 1 aliphatic heterocycles. The van der Waals surface area contributed by atoms with E-state index in [1.165, 1.54) is 0 Å². The Morgan fingerprint density at radius 2 is 2.29 bits per heavy atom. The quantitative estimate of drug-likeness (QED) is 0.837. The number of nitrogens with one attached hydrogen (secondary N) is 1. The molecule has 0 radical (unpaired) electrons. The van der Waals surface area contributed by atoms with Crippen molar-refractivity contribution in [3.05, 3.63) is 46.0 Å². The van der Waals surface area contributed by atoms with E-state index in [0.29, 0.717) is 22.8 Å². The van der Waals surface area contributed by atoms with Crippen molar-refractivity contribution in [2.75, 3.05) is 5.73 Å². The Morgan fingerprint density at radius 1 is 1.52 bits per heavy atom. The highest BCUT2D eigenvalue weighted by Gasteiger charge is 2.31. The normalized spacial score (nSPS) is 18.0. The number of imidazole rings is 1. The molecule has 3 rings (SSSR count). The van der Waals surface area contributed by atoms with Gasteiger partial charge in [-0.2, -0.15) is 0 Å². The predicted octanol–water partition coefficient (Wildman–Crippen LogP) is 2.54. The van der Waals surface area contributed by atoms with E-state index in [2.05, 4.69) is 9.97 Å². The molecule has 0 fully saturated rings. The molecule has 1 amide bonds. The third kappa shape index (κ3) is 2.38. The van der Waals surface area contributed by atoms with Crippen molar-refractivity contribution in [1.29, 1.82) is 0 Å². The van der Waals surface area contributed by atoms with Gasteiger partial charge < -0.3 is 15.6 Å². The maximum atomic E-state index is 12.7. The van der Waals surface area contributed by atoms with Gasteiger partial charge in [-0.25, -0.2) is 4.98 Å². The minimum atomic E-state index is -0.0203. The topological polar surface area (TPSA) is 75.0 Å². The summed E-state index contributed by atoms with van der Waals surface area (Å²) in [6.07, 6.45) is 2.42. The number of carbonyl (C=O) groups excluding carboxylic acids is 1. The fraction of sp³-hybridized carbons (Fsp3) is 0.333. The summed E-state index contributed by atoms with van der Waals surface area (Å²) in [6.45, 7) is 4.48. The second-order valence-corrected chi connectivity index (χ2v) is 5.90. The van der Waals surface area contributed by atoms with E-state index in [9.17, 15) is 4.79 Å². The van der Waals surface area contributed by atoms with E-state index in [4.69, 9.17) is 17.3 Å². The van der Waals surface area contributed by atoms with Gasteiger partial charge in [-0.3, -0.25) is 4.79 Å². The van der Waals surface area contributed by atoms with Gasteiger partial charge in [-0.1, -0.05) is 11.6 Å². The number of benzene rings is 1. The number of anilines is 1. The summed E-state index contributed by atoms with van der Waals surface area (Å²) in [4.78, 5) is 21.9. The first kappa shape index (κ1) is 13.9. The van der Waals surface area contributed by atoms with Crippen LogP contribution < -0.4 is 5.73 Å². The second kappa shape index (κ2) is 5.07. The fourth-order valence-corrected chi connectivity index (χ4v) is 2.89. The third-order valence-electron chi connectivity index (χ3n) is 4.02. The van der Waals surface area contributed by atoms with Gasteiger partial charge in [0.25, 0.3) is 5.91 Å². The Labute approximate surface area is 128 Å². The van der Waals surface area contributed by atoms with Gasteiger partial charge in [0.05, 0.1) is 29.3 Å². The number of aromatic nitrogens is 2. The van der Waals surface area contributed by atoms with Crippen molar-refractivity contribution >= 4 is 23.2 Å². The average molecular weight is 305 g/mol. The van der Waals surface area contributed by atoms with Gasteiger partial charge in [-0.05, 0) is 38.0 Å². The molecule has 110 valence electrons. The van der Waals surface area contributed by atoms with Crippen molar-refractivity contribution in [1.82, 2.24) is 14.9 Å². The number of aryl methyl sites for hydroxylation is 1. The van der Waals surface area contributed by atoms with Gasteiger partial charge >= 0.3 is 0 Å². The smallest absolute Gasteiger partial charge is 0.254 e. The third-order valence-corrected chi connectivity index (χ3v) is 4.34. The summed E-state index contributed by atoms with van der Waals surface area (Å²) < 4.78 is 0. The zero-order valence-electron chi connectivity index (χ0n) is 12.0. The van der Waals surface area contributed by atoms with Gasteiger partial charge in [0.1, 0.15) is 0 Å². The maximum absolute atomic E-state index is 12.7. The number of fused-ring (bicyclic) bond motifs is 1. The highest BCUT2D eigenvalue weighted by atomic mass is 35.5. The minimum Gasteiger partial charge on any atom is -0.398 e. The number of halogens is 1. The zero-order chi connectivity index (χ0) is 15.1. The Kier molecular flexibility index (Phi) is 3.37. The molecule has 21 heavy (non-hydrogen) atoms. The van der Waals surface area contributed by atoms with Gasteiger partial charge in [-0.15, -0.1) is 0 Å². The number of hydrogen-bond donors (Lipinski definition) is 2. The lowest BCUT2D eigenvalue weighted by Gasteiger charge is -2.34. The summed E-state index contributed by atoms with van der Waals surface area (Å²) in [5, 5.41) is 0.424. The van der Waals surface area contributed by atoms with Crippen LogP contribution in [0.3, 0.4) is 0 Å². The highest BCUT2D eigenvalue weighted by molar-refractivity contribution is 6.33. The Bertz CT molecular complexity index is 710. The molecule has 2 aromatic rings. The van der Waals surface area contributed by atoms with Gasteiger partial charge in [0.2, 0.25) is 0 Å². The second-order valence-electron chi connectivity index (χ2n) is 5.49. The summed E-state index contributed by atoms with van der Waals surface area (Å²) in [7, 11) is 0. The van der Waals surface area contributed by atoms with Crippen LogP contribution in [-0.4, -0.2) is 26.8 Å². The van der Waals surface area contributed by atoms with Crippen molar-refractivity contribution in [3.63, 3.8) is 0 Å². The molecular formula is C15H17ClN4O. The molecular weight excluding hydrogens is 288 g/mol. The molecule has 1 atom stereocenters. The lowest BCUT2D eigenvalue weighted by atomic mass is 9.93. The van der Waals surface area contributed by atoms with Gasteiger partial charge in [0, 0.05) is 17.3 Å². The molecule has 1 aromatic heterocycles. The number of hydrogen-bond acceptors (Lipinski definition) is 3. The van der Waals surface area contributed by atoms with Crippen LogP contribution in [0.4, 0.5) is 5.69 Å². The number of amides is 1. The van der Waals surface area contributed by atoms with E-state index in [1.807, 2.05) is 24.8 Å². The summed E-state index contributed by atoms with van der Waals surface area (Å²) in [6, 6.07) is 3.58. The van der Waals surface area contributed by atoms with Crippen LogP contribution in [0.2, 0.25) is 5.02 Å². The average Bonchev–Trinajstić information content (AvgIpc) is 2.83. The Balaban J connectivity index is 1.95. The van der Waals surface area contributed by atoms with Crippen LogP contribution in [0.5, 0.6) is 0 Å². The van der Waals surface area contributed by atoms with E-state index < -0.39 is 0 Å². The molecule has 0 spiro atoms. The molecule has 1 unspecified atom stereocenters. The van der Waals surface area contributed by atoms with Crippen LogP contribution in [-0.2, 0) is 13.0 Å². The molecule has 0 aliphatic carbocycles. The maximum Gasteiger partial charge on any atom is 0.254 e. The molecule has 1 aliphatic rings. The van der Waals surface area contributed by atoms with E-state index in [-0.39, 0.29) is 11.9 Å². The number of rotatable bonds is 2. The van der Waals surface area contributed by atoms with E-state index in [0.717, 1.165) is 23.4 Å². The SMILES string of the molecule is Cc1[nH]cnc1CN1C(=O)c2cc(Cl)c(N)cc2CC1C. The lowest BCUT2D eigenvalue weighted by molar-refractivity contribution is 0.0647. The van der Waals surface area contributed by atoms with E-state index >= 15 is 0 Å². The summed E-state index contributed by atoms with van der Waals surface area (Å²) in [5.41, 5.74) is 9.82. The number of nitrogens with two attached hydrogens (primary N) is 1. The Morgan fingerprint density at radius 3 is 2.95 bits per heavy atom. The van der Waals surface area contributed by atoms with Crippen LogP contribution in [0.1, 0.15) is 34.2 Å². The largest absolute Gasteiger partial charge is 0.398 e. The molecule has 0 bridgehead atoms. The summed E-state index contributed by atoms with van der Waals surface area (Å²) in [5.74, 6) is -0.0203. The van der Waals surface area contributed by atoms with Crippen LogP contribution >= 0.6 is 11.6 Å². The van der Waals surface area contributed by atoms with Gasteiger partial charge in [0.15, 0.2) is 0 Å². The molecule has 0 saturated heterocycles. The van der Waals surface area contributed by atoms with Crippen molar-refractivity contribution in [2.45, 2.75) is 32.9 Å². The minimum absolute atomic E-state index is 0.0203. The Hall–Kier alpha value is -2.01. The number of nitrogens with zero attached hydrogens (tertiary/aromatic N) is 2. The first-order valence-corrected chi connectivity index (χ1v) is 7.23. The fourth-order valence-electron chi connectivity index (χ4n) is 2.72. The zero-order valence-corrected chi connectivity index (χ0v) is 12.7. The summed E-state index contributed by atoms with van der Waals surface area (Å²) >= 11 is 6.05. The van der Waals surface area contributed by atoms with Crippen molar-refractivity contribution in [3.8, 4) is 0 Å². The van der Waals surface area contributed by atoms with Crippen molar-refractivity contribution in [2.24, 2.45) is 0 Å². The van der Waals surface area contributed by atoms with Crippen LogP contribution in [0, 0.1) is 6.92 Å². The number of aromatic amines is 1. The first-order chi connectivity index (χ1) is 9.97. The molecule has 1 aromatic carbocycles. The first-order valence-electron chi connectivity index (χ1n) is 6.85. The predicted molar refractivity (Wildman–Crippen MR) is 82.2 cm³/mol. The molecule has 3 N–H and O–H groups in total. The molecule has 5 nitrogen and oxygen atoms in total. The molecule has 2 heterocycles. The molecule has 0 saturated carbocycles. The van der Waals surface area contributed by atoms with Crippen molar-refractivity contribution < 1.29 is 4.79 Å². The monoisotopic (exact) mass is 304 g/mol.